The van der Waals surface area contributed by atoms with Gasteiger partial charge >= 0.3 is 0 Å². The highest BCUT2D eigenvalue weighted by Gasteiger charge is 2.25. The number of aryl methyl sites for hydroxylation is 1. The second-order valence-corrected chi connectivity index (χ2v) is 7.73. The van der Waals surface area contributed by atoms with Crippen molar-refractivity contribution in [1.82, 2.24) is 10.2 Å². The van der Waals surface area contributed by atoms with E-state index in [-0.39, 0.29) is 24.1 Å². The van der Waals surface area contributed by atoms with Crippen molar-refractivity contribution in [3.05, 3.63) is 46.6 Å². The highest BCUT2D eigenvalue weighted by molar-refractivity contribution is 7.17. The Morgan fingerprint density at radius 3 is 2.54 bits per heavy atom. The van der Waals surface area contributed by atoms with Crippen molar-refractivity contribution in [2.45, 2.75) is 26.7 Å². The first-order valence-electron chi connectivity index (χ1n) is 8.95. The van der Waals surface area contributed by atoms with Gasteiger partial charge in [0, 0.05) is 18.0 Å². The minimum absolute atomic E-state index is 0. The molecular weight excluding hydrogens is 371 g/mol. The molecule has 3 rings (SSSR count). The Kier molecular flexibility index (Phi) is 7.62. The van der Waals surface area contributed by atoms with Gasteiger partial charge < -0.3 is 10.2 Å². The van der Waals surface area contributed by atoms with Crippen LogP contribution in [0.5, 0.6) is 0 Å². The summed E-state index contributed by atoms with van der Waals surface area (Å²) in [7, 11) is 0. The van der Waals surface area contributed by atoms with Crippen molar-refractivity contribution in [2.24, 2.45) is 5.92 Å². The number of hydrogen-bond donors (Lipinski definition) is 1. The van der Waals surface area contributed by atoms with E-state index in [1.807, 2.05) is 17.9 Å². The molecule has 2 aromatic rings. The fourth-order valence-corrected chi connectivity index (χ4v) is 4.47. The molecule has 1 N–H and O–H groups in total. The molecule has 0 atom stereocenters. The van der Waals surface area contributed by atoms with Crippen molar-refractivity contribution < 1.29 is 9.18 Å². The van der Waals surface area contributed by atoms with Crippen LogP contribution in [0, 0.1) is 18.7 Å². The van der Waals surface area contributed by atoms with Gasteiger partial charge in [-0.3, -0.25) is 4.79 Å². The Balaban J connectivity index is 0.00000243. The van der Waals surface area contributed by atoms with Crippen LogP contribution in [-0.4, -0.2) is 37.0 Å². The number of halogens is 2. The second-order valence-electron chi connectivity index (χ2n) is 6.67. The van der Waals surface area contributed by atoms with Crippen LogP contribution in [0.1, 0.15) is 35.0 Å². The van der Waals surface area contributed by atoms with Gasteiger partial charge in [-0.25, -0.2) is 4.39 Å². The van der Waals surface area contributed by atoms with Crippen molar-refractivity contribution in [2.75, 3.05) is 26.2 Å². The summed E-state index contributed by atoms with van der Waals surface area (Å²) < 4.78 is 13.1. The molecule has 1 amide bonds. The summed E-state index contributed by atoms with van der Waals surface area (Å²) in [5.41, 5.74) is 2.04. The zero-order chi connectivity index (χ0) is 17.8. The minimum atomic E-state index is -0.241. The number of amides is 1. The Bertz CT molecular complexity index is 724. The van der Waals surface area contributed by atoms with Gasteiger partial charge in [-0.15, -0.1) is 23.7 Å². The molecule has 2 heterocycles. The van der Waals surface area contributed by atoms with Crippen LogP contribution >= 0.6 is 23.7 Å². The first kappa shape index (κ1) is 20.9. The van der Waals surface area contributed by atoms with Gasteiger partial charge in [-0.1, -0.05) is 19.1 Å². The summed E-state index contributed by atoms with van der Waals surface area (Å²) in [6.45, 7) is 7.84. The van der Waals surface area contributed by atoms with Crippen LogP contribution in [0.3, 0.4) is 0 Å². The SMILES string of the molecule is CCNCC1CCN(C(=O)c2cc(C)c(-c3ccc(F)cc3)s2)CC1.Cl. The third kappa shape index (κ3) is 4.84. The highest BCUT2D eigenvalue weighted by Crippen LogP contribution is 2.33. The quantitative estimate of drug-likeness (QED) is 0.791. The van der Waals surface area contributed by atoms with Gasteiger partial charge in [0.05, 0.1) is 4.88 Å². The van der Waals surface area contributed by atoms with Gasteiger partial charge in [-0.05, 0) is 68.1 Å². The third-order valence-electron chi connectivity index (χ3n) is 4.82. The fourth-order valence-electron chi connectivity index (χ4n) is 3.32. The molecule has 0 spiro atoms. The van der Waals surface area contributed by atoms with E-state index < -0.39 is 0 Å². The molecule has 1 aliphatic heterocycles. The van der Waals surface area contributed by atoms with E-state index in [2.05, 4.69) is 12.2 Å². The maximum Gasteiger partial charge on any atom is 0.263 e. The molecule has 3 nitrogen and oxygen atoms in total. The smallest absolute Gasteiger partial charge is 0.263 e. The molecular formula is C20H26ClFN2OS. The molecule has 1 aromatic heterocycles. The predicted molar refractivity (Wildman–Crippen MR) is 109 cm³/mol. The number of carbonyl (C=O) groups excluding carboxylic acids is 1. The van der Waals surface area contributed by atoms with E-state index >= 15 is 0 Å². The second kappa shape index (κ2) is 9.49. The summed E-state index contributed by atoms with van der Waals surface area (Å²) in [4.78, 5) is 16.6. The number of thiophene rings is 1. The standard InChI is InChI=1S/C20H25FN2OS.ClH/c1-3-22-13-15-8-10-23(11-9-15)20(24)18-12-14(2)19(25-18)16-4-6-17(21)7-5-16;/h4-7,12,15,22H,3,8-11,13H2,1-2H3;1H. The molecule has 26 heavy (non-hydrogen) atoms. The summed E-state index contributed by atoms with van der Waals surface area (Å²) in [5.74, 6) is 0.557. The zero-order valence-electron chi connectivity index (χ0n) is 15.3. The van der Waals surface area contributed by atoms with E-state index in [4.69, 9.17) is 0 Å². The number of piperidine rings is 1. The molecule has 0 unspecified atom stereocenters. The fraction of sp³-hybridized carbons (Fsp3) is 0.450. The van der Waals surface area contributed by atoms with E-state index in [9.17, 15) is 9.18 Å². The largest absolute Gasteiger partial charge is 0.338 e. The average Bonchev–Trinajstić information content (AvgIpc) is 3.02. The van der Waals surface area contributed by atoms with Crippen molar-refractivity contribution in [3.8, 4) is 10.4 Å². The van der Waals surface area contributed by atoms with Gasteiger partial charge in [0.25, 0.3) is 5.91 Å². The lowest BCUT2D eigenvalue weighted by Crippen LogP contribution is -2.40. The molecule has 1 fully saturated rings. The van der Waals surface area contributed by atoms with Gasteiger partial charge in [0.1, 0.15) is 5.82 Å². The number of carbonyl (C=O) groups is 1. The Labute approximate surface area is 165 Å². The van der Waals surface area contributed by atoms with E-state index in [0.29, 0.717) is 5.92 Å². The molecule has 0 radical (unpaired) electrons. The zero-order valence-corrected chi connectivity index (χ0v) is 16.9. The van der Waals surface area contributed by atoms with Gasteiger partial charge in [-0.2, -0.15) is 0 Å². The number of nitrogens with zero attached hydrogens (tertiary/aromatic N) is 1. The number of benzene rings is 1. The van der Waals surface area contributed by atoms with Crippen molar-refractivity contribution in [1.29, 1.82) is 0 Å². The summed E-state index contributed by atoms with van der Waals surface area (Å²) in [5, 5.41) is 3.40. The topological polar surface area (TPSA) is 32.3 Å². The molecule has 1 aromatic carbocycles. The average molecular weight is 397 g/mol. The van der Waals surface area contributed by atoms with Crippen molar-refractivity contribution >= 4 is 29.7 Å². The van der Waals surface area contributed by atoms with Gasteiger partial charge in [0.2, 0.25) is 0 Å². The number of nitrogens with one attached hydrogen (secondary N) is 1. The lowest BCUT2D eigenvalue weighted by Gasteiger charge is -2.31. The highest BCUT2D eigenvalue weighted by atomic mass is 35.5. The number of hydrogen-bond acceptors (Lipinski definition) is 3. The molecule has 1 aliphatic rings. The molecule has 0 saturated carbocycles. The lowest BCUT2D eigenvalue weighted by atomic mass is 9.96. The summed E-state index contributed by atoms with van der Waals surface area (Å²) >= 11 is 1.51. The maximum atomic E-state index is 13.1. The van der Waals surface area contributed by atoms with Crippen LogP contribution < -0.4 is 5.32 Å². The minimum Gasteiger partial charge on any atom is -0.338 e. The third-order valence-corrected chi connectivity index (χ3v) is 6.09. The number of likely N-dealkylation sites (tertiary alicyclic amines) is 1. The van der Waals surface area contributed by atoms with Crippen molar-refractivity contribution in [3.63, 3.8) is 0 Å². The molecule has 6 heteroatoms. The Morgan fingerprint density at radius 1 is 1.27 bits per heavy atom. The molecule has 0 aliphatic carbocycles. The van der Waals surface area contributed by atoms with E-state index in [1.165, 1.54) is 23.5 Å². The predicted octanol–water partition coefficient (Wildman–Crippen LogP) is 4.75. The summed E-state index contributed by atoms with van der Waals surface area (Å²) in [6, 6.07) is 8.44. The van der Waals surface area contributed by atoms with Crippen LogP contribution in [0.4, 0.5) is 4.39 Å². The Morgan fingerprint density at radius 2 is 1.92 bits per heavy atom. The molecule has 1 saturated heterocycles. The van der Waals surface area contributed by atoms with Crippen LogP contribution in [0.15, 0.2) is 30.3 Å². The molecule has 0 bridgehead atoms. The van der Waals surface area contributed by atoms with E-state index in [1.54, 1.807) is 12.1 Å². The normalized spacial score (nSPS) is 15.0. The van der Waals surface area contributed by atoms with Crippen LogP contribution in [0.2, 0.25) is 0 Å². The maximum absolute atomic E-state index is 13.1. The first-order chi connectivity index (χ1) is 12.1. The lowest BCUT2D eigenvalue weighted by molar-refractivity contribution is 0.0695. The van der Waals surface area contributed by atoms with Crippen LogP contribution in [-0.2, 0) is 0 Å². The molecule has 142 valence electrons. The summed E-state index contributed by atoms with van der Waals surface area (Å²) in [6.07, 6.45) is 2.13. The first-order valence-corrected chi connectivity index (χ1v) is 9.76. The van der Waals surface area contributed by atoms with Crippen LogP contribution in [0.25, 0.3) is 10.4 Å². The van der Waals surface area contributed by atoms with E-state index in [0.717, 1.165) is 59.9 Å². The Hall–Kier alpha value is -1.43. The number of rotatable bonds is 5. The monoisotopic (exact) mass is 396 g/mol. The van der Waals surface area contributed by atoms with Gasteiger partial charge in [0.15, 0.2) is 0 Å².